The van der Waals surface area contributed by atoms with E-state index in [1.54, 1.807) is 18.4 Å². The number of nitrogens with zero attached hydrogens (tertiary/aromatic N) is 3. The number of rotatable bonds is 6. The SMILES string of the molecule is Cc1c(Cl)ccc2sc(N(Cc3ccco3)C(=O)c3ccc(S(=O)(=O)N(C)C)cc3)nc12. The first-order chi connectivity index (χ1) is 15.2. The van der Waals surface area contributed by atoms with E-state index in [0.717, 1.165) is 20.1 Å². The van der Waals surface area contributed by atoms with E-state index < -0.39 is 10.0 Å². The molecule has 0 bridgehead atoms. The van der Waals surface area contributed by atoms with Crippen molar-refractivity contribution in [3.63, 3.8) is 0 Å². The number of hydrogen-bond acceptors (Lipinski definition) is 6. The number of carbonyl (C=O) groups excluding carboxylic acids is 1. The third-order valence-corrected chi connectivity index (χ3v) is 8.27. The van der Waals surface area contributed by atoms with Crippen LogP contribution in [0, 0.1) is 6.92 Å². The number of hydrogen-bond donors (Lipinski definition) is 0. The van der Waals surface area contributed by atoms with Crippen LogP contribution < -0.4 is 4.90 Å². The Balaban J connectivity index is 1.74. The van der Waals surface area contributed by atoms with Crippen molar-refractivity contribution in [2.75, 3.05) is 19.0 Å². The van der Waals surface area contributed by atoms with Crippen LogP contribution in [0.3, 0.4) is 0 Å². The Morgan fingerprint density at radius 3 is 2.47 bits per heavy atom. The number of furan rings is 1. The average molecular weight is 490 g/mol. The summed E-state index contributed by atoms with van der Waals surface area (Å²) in [6.07, 6.45) is 1.54. The highest BCUT2D eigenvalue weighted by Gasteiger charge is 2.24. The topological polar surface area (TPSA) is 83.7 Å². The lowest BCUT2D eigenvalue weighted by molar-refractivity contribution is 0.0983. The van der Waals surface area contributed by atoms with Gasteiger partial charge in [-0.1, -0.05) is 22.9 Å². The molecule has 0 N–H and O–H groups in total. The lowest BCUT2D eigenvalue weighted by Crippen LogP contribution is -2.30. The van der Waals surface area contributed by atoms with Crippen LogP contribution in [0.5, 0.6) is 0 Å². The molecule has 0 spiro atoms. The largest absolute Gasteiger partial charge is 0.467 e. The van der Waals surface area contributed by atoms with Crippen molar-refractivity contribution in [2.45, 2.75) is 18.4 Å². The van der Waals surface area contributed by atoms with E-state index in [2.05, 4.69) is 4.98 Å². The van der Waals surface area contributed by atoms with E-state index in [0.29, 0.717) is 21.5 Å². The summed E-state index contributed by atoms with van der Waals surface area (Å²) in [5, 5.41) is 1.10. The fraction of sp³-hybridized carbons (Fsp3) is 0.182. The molecule has 0 aliphatic heterocycles. The van der Waals surface area contributed by atoms with Gasteiger partial charge in [-0.3, -0.25) is 9.69 Å². The van der Waals surface area contributed by atoms with Crippen molar-refractivity contribution in [3.8, 4) is 0 Å². The molecule has 0 unspecified atom stereocenters. The Hall–Kier alpha value is -2.72. The zero-order valence-electron chi connectivity index (χ0n) is 17.6. The minimum atomic E-state index is -3.59. The minimum Gasteiger partial charge on any atom is -0.467 e. The van der Waals surface area contributed by atoms with Crippen molar-refractivity contribution >= 4 is 54.2 Å². The highest BCUT2D eigenvalue weighted by molar-refractivity contribution is 7.89. The molecule has 4 aromatic rings. The van der Waals surface area contributed by atoms with E-state index in [1.807, 2.05) is 19.1 Å². The average Bonchev–Trinajstić information content (AvgIpc) is 3.44. The van der Waals surface area contributed by atoms with Crippen molar-refractivity contribution < 1.29 is 17.6 Å². The molecule has 0 aliphatic carbocycles. The van der Waals surface area contributed by atoms with Gasteiger partial charge in [0.25, 0.3) is 5.91 Å². The quantitative estimate of drug-likeness (QED) is 0.382. The second kappa shape index (κ2) is 8.67. The predicted octanol–water partition coefficient (Wildman–Crippen LogP) is 4.95. The van der Waals surface area contributed by atoms with E-state index >= 15 is 0 Å². The molecule has 1 amide bonds. The molecule has 0 saturated heterocycles. The first-order valence-electron chi connectivity index (χ1n) is 9.61. The van der Waals surface area contributed by atoms with Crippen LogP contribution >= 0.6 is 22.9 Å². The number of anilines is 1. The highest BCUT2D eigenvalue weighted by Crippen LogP contribution is 2.35. The van der Waals surface area contributed by atoms with Gasteiger partial charge in [0.2, 0.25) is 10.0 Å². The molecule has 2 heterocycles. The van der Waals surface area contributed by atoms with Crippen molar-refractivity contribution in [1.82, 2.24) is 9.29 Å². The smallest absolute Gasteiger partial charge is 0.260 e. The molecule has 32 heavy (non-hydrogen) atoms. The standard InChI is InChI=1S/C22H20ClN3O4S2/c1-14-18(23)10-11-19-20(14)24-22(31-19)26(13-16-5-4-12-30-16)21(27)15-6-8-17(9-7-15)32(28,29)25(2)3/h4-12H,13H2,1-3H3. The molecule has 0 saturated carbocycles. The van der Waals surface area contributed by atoms with Gasteiger partial charge >= 0.3 is 0 Å². The normalized spacial score (nSPS) is 11.9. The number of aromatic nitrogens is 1. The second-order valence-electron chi connectivity index (χ2n) is 7.30. The van der Waals surface area contributed by atoms with Gasteiger partial charge in [0.15, 0.2) is 5.13 Å². The third-order valence-electron chi connectivity index (χ3n) is 4.99. The van der Waals surface area contributed by atoms with E-state index in [9.17, 15) is 13.2 Å². The van der Waals surface area contributed by atoms with Crippen LogP contribution in [0.1, 0.15) is 21.7 Å². The third kappa shape index (κ3) is 4.16. The van der Waals surface area contributed by atoms with Gasteiger partial charge in [-0.2, -0.15) is 0 Å². The second-order valence-corrected chi connectivity index (χ2v) is 10.9. The number of aryl methyl sites for hydroxylation is 1. The molecule has 2 aromatic carbocycles. The van der Waals surface area contributed by atoms with Crippen molar-refractivity contribution in [2.24, 2.45) is 0 Å². The number of sulfonamides is 1. The summed E-state index contributed by atoms with van der Waals surface area (Å²) in [5.41, 5.74) is 1.92. The summed E-state index contributed by atoms with van der Waals surface area (Å²) < 4.78 is 32.2. The molecule has 166 valence electrons. The number of benzene rings is 2. The van der Waals surface area contributed by atoms with Crippen LogP contribution in [0.25, 0.3) is 10.2 Å². The number of halogens is 1. The summed E-state index contributed by atoms with van der Waals surface area (Å²) in [6.45, 7) is 2.06. The summed E-state index contributed by atoms with van der Waals surface area (Å²) in [4.78, 5) is 19.8. The maximum absolute atomic E-state index is 13.5. The molecular weight excluding hydrogens is 470 g/mol. The fourth-order valence-corrected chi connectivity index (χ4v) is 5.20. The number of thiazole rings is 1. The zero-order valence-corrected chi connectivity index (χ0v) is 20.0. The van der Waals surface area contributed by atoms with Crippen molar-refractivity contribution in [3.05, 3.63) is 76.7 Å². The predicted molar refractivity (Wildman–Crippen MR) is 126 cm³/mol. The molecule has 0 aliphatic rings. The van der Waals surface area contributed by atoms with Gasteiger partial charge in [-0.05, 0) is 61.0 Å². The summed E-state index contributed by atoms with van der Waals surface area (Å²) >= 11 is 7.62. The monoisotopic (exact) mass is 489 g/mol. The molecule has 10 heteroatoms. The first kappa shape index (κ1) is 22.5. The number of amides is 1. The summed E-state index contributed by atoms with van der Waals surface area (Å²) in [5.74, 6) is 0.275. The van der Waals surface area contributed by atoms with Gasteiger partial charge in [0.05, 0.1) is 27.9 Å². The van der Waals surface area contributed by atoms with Gasteiger partial charge in [-0.25, -0.2) is 17.7 Å². The number of fused-ring (bicyclic) bond motifs is 1. The molecular formula is C22H20ClN3O4S2. The van der Waals surface area contributed by atoms with Gasteiger partial charge in [0, 0.05) is 24.7 Å². The van der Waals surface area contributed by atoms with Crippen LogP contribution in [0.15, 0.2) is 64.1 Å². The molecule has 4 rings (SSSR count). The maximum Gasteiger partial charge on any atom is 0.260 e. The summed E-state index contributed by atoms with van der Waals surface area (Å²) in [6, 6.07) is 13.1. The Morgan fingerprint density at radius 1 is 1.12 bits per heavy atom. The Kier molecular flexibility index (Phi) is 6.09. The first-order valence-corrected chi connectivity index (χ1v) is 12.2. The van der Waals surface area contributed by atoms with Crippen molar-refractivity contribution in [1.29, 1.82) is 0 Å². The van der Waals surface area contributed by atoms with Crippen LogP contribution in [-0.4, -0.2) is 37.7 Å². The lowest BCUT2D eigenvalue weighted by Gasteiger charge is -2.19. The lowest BCUT2D eigenvalue weighted by atomic mass is 10.2. The van der Waals surface area contributed by atoms with E-state index in [4.69, 9.17) is 16.0 Å². The van der Waals surface area contributed by atoms with Gasteiger partial charge in [-0.15, -0.1) is 0 Å². The van der Waals surface area contributed by atoms with E-state index in [1.165, 1.54) is 54.6 Å². The zero-order chi connectivity index (χ0) is 23.0. The van der Waals surface area contributed by atoms with Gasteiger partial charge < -0.3 is 4.42 Å². The Labute approximate surface area is 194 Å². The molecule has 0 atom stereocenters. The Morgan fingerprint density at radius 2 is 1.84 bits per heavy atom. The fourth-order valence-electron chi connectivity index (χ4n) is 3.13. The number of carbonyl (C=O) groups is 1. The molecule has 7 nitrogen and oxygen atoms in total. The van der Waals surface area contributed by atoms with E-state index in [-0.39, 0.29) is 17.3 Å². The van der Waals surface area contributed by atoms with Gasteiger partial charge in [0.1, 0.15) is 5.76 Å². The minimum absolute atomic E-state index is 0.113. The maximum atomic E-state index is 13.5. The van der Waals surface area contributed by atoms with Crippen LogP contribution in [0.2, 0.25) is 5.02 Å². The molecule has 2 aromatic heterocycles. The Bertz CT molecular complexity index is 1380. The van der Waals surface area contributed by atoms with Crippen LogP contribution in [-0.2, 0) is 16.6 Å². The molecule has 0 fully saturated rings. The summed E-state index contributed by atoms with van der Waals surface area (Å²) in [7, 11) is -0.670. The molecule has 0 radical (unpaired) electrons. The van der Waals surface area contributed by atoms with Crippen LogP contribution in [0.4, 0.5) is 5.13 Å². The highest BCUT2D eigenvalue weighted by atomic mass is 35.5.